The van der Waals surface area contributed by atoms with Crippen LogP contribution < -0.4 is 5.32 Å². The fraction of sp³-hybridized carbons (Fsp3) is 0.875. The molecule has 1 aromatic heterocycles. The molecule has 0 spiro atoms. The summed E-state index contributed by atoms with van der Waals surface area (Å²) in [6.45, 7) is 22.4. The van der Waals surface area contributed by atoms with Gasteiger partial charge in [-0.05, 0) is 121 Å². The molecular formula is C48H85N3O14. The van der Waals surface area contributed by atoms with E-state index in [2.05, 4.69) is 10.2 Å². The Morgan fingerprint density at radius 1 is 0.985 bits per heavy atom. The van der Waals surface area contributed by atoms with E-state index in [0.29, 0.717) is 43.0 Å². The van der Waals surface area contributed by atoms with Crippen LogP contribution in [0.4, 0.5) is 0 Å². The molecule has 18 atom stereocenters. The van der Waals surface area contributed by atoms with Crippen molar-refractivity contribution < 1.29 is 67.6 Å². The highest BCUT2D eigenvalue weighted by atomic mass is 16.7. The summed E-state index contributed by atoms with van der Waals surface area (Å²) in [5.74, 6) is -1.67. The Bertz CT molecular complexity index is 1670. The third kappa shape index (κ3) is 13.3. The number of methoxy groups -OCH3 is 1. The number of hydrogen-bond donors (Lipinski definition) is 5. The lowest BCUT2D eigenvalue weighted by atomic mass is 9.77. The minimum Gasteiger partial charge on any atom is -0.466 e. The van der Waals surface area contributed by atoms with E-state index in [0.717, 1.165) is 0 Å². The van der Waals surface area contributed by atoms with Crippen LogP contribution >= 0.6 is 0 Å². The Morgan fingerprint density at radius 2 is 1.65 bits per heavy atom. The number of amides is 1. The van der Waals surface area contributed by atoms with Crippen molar-refractivity contribution in [2.24, 2.45) is 17.8 Å². The molecule has 4 heterocycles. The molecule has 0 unspecified atom stereocenters. The van der Waals surface area contributed by atoms with E-state index >= 15 is 0 Å². The van der Waals surface area contributed by atoms with E-state index < -0.39 is 96.0 Å². The molecule has 4 rings (SSSR count). The standard InChI is InChI=1S/C48H85N3O14/c1-17-36-48(12,57)40(52)31(7)51(15)25-26(2)23-46(10,56)42(29(5)38(30(6)44(55)63-36)64-37-24-47(11,58-16)41(53)33(9)62-37)65-45-39(35(50(13)14)22-28(4)61-45)59-20-18-19-49-43(54)34-21-27(3)60-32(34)8/h21,26,28-31,33,35-42,45,52-53,56-57H,17-20,22-25H2,1-16H3,(H,49,54)/t26-,28-,29+,30-,31-,33+,35+,36-,37+,38+,39-,40-,41+,42-,45+,46-,47-,48-/m1/s1. The number of nitrogens with one attached hydrogen (secondary N) is 1. The van der Waals surface area contributed by atoms with E-state index in [1.165, 1.54) is 14.0 Å². The Labute approximate surface area is 388 Å². The van der Waals surface area contributed by atoms with Gasteiger partial charge in [-0.1, -0.05) is 20.8 Å². The molecule has 0 radical (unpaired) electrons. The van der Waals surface area contributed by atoms with Gasteiger partial charge in [0.05, 0.1) is 47.1 Å². The van der Waals surface area contributed by atoms with Gasteiger partial charge in [0.25, 0.3) is 5.91 Å². The van der Waals surface area contributed by atoms with E-state index in [-0.39, 0.29) is 49.8 Å². The number of hydrogen-bond acceptors (Lipinski definition) is 16. The zero-order chi connectivity index (χ0) is 48.9. The van der Waals surface area contributed by atoms with Crippen molar-refractivity contribution in [3.8, 4) is 0 Å². The maximum absolute atomic E-state index is 14.5. The number of ether oxygens (including phenoxy) is 7. The molecule has 65 heavy (non-hydrogen) atoms. The second-order valence-corrected chi connectivity index (χ2v) is 20.4. The molecular weight excluding hydrogens is 843 g/mol. The van der Waals surface area contributed by atoms with Gasteiger partial charge in [0, 0.05) is 51.2 Å². The van der Waals surface area contributed by atoms with Crippen LogP contribution in [0.3, 0.4) is 0 Å². The predicted molar refractivity (Wildman–Crippen MR) is 243 cm³/mol. The number of esters is 1. The largest absolute Gasteiger partial charge is 0.466 e. The van der Waals surface area contributed by atoms with Gasteiger partial charge in [0.2, 0.25) is 0 Å². The zero-order valence-corrected chi connectivity index (χ0v) is 42.2. The van der Waals surface area contributed by atoms with Crippen molar-refractivity contribution in [1.82, 2.24) is 15.1 Å². The highest BCUT2D eigenvalue weighted by Crippen LogP contribution is 2.40. The predicted octanol–water partition coefficient (Wildman–Crippen LogP) is 3.95. The van der Waals surface area contributed by atoms with Gasteiger partial charge < -0.3 is 73.1 Å². The van der Waals surface area contributed by atoms with Crippen LogP contribution in [0.2, 0.25) is 0 Å². The lowest BCUT2D eigenvalue weighted by Gasteiger charge is -2.49. The van der Waals surface area contributed by atoms with Crippen LogP contribution in [0.15, 0.2) is 10.5 Å². The molecule has 1 amide bonds. The third-order valence-corrected chi connectivity index (χ3v) is 14.4. The van der Waals surface area contributed by atoms with E-state index in [4.69, 9.17) is 37.6 Å². The Morgan fingerprint density at radius 3 is 2.23 bits per heavy atom. The first kappa shape index (κ1) is 55.3. The molecule has 3 aliphatic heterocycles. The van der Waals surface area contributed by atoms with Gasteiger partial charge in [0.1, 0.15) is 41.5 Å². The van der Waals surface area contributed by atoms with Crippen LogP contribution in [0.1, 0.15) is 123 Å². The second-order valence-electron chi connectivity index (χ2n) is 20.4. The van der Waals surface area contributed by atoms with Crippen molar-refractivity contribution >= 4 is 11.9 Å². The molecule has 0 saturated carbocycles. The highest BCUT2D eigenvalue weighted by Gasteiger charge is 2.53. The van der Waals surface area contributed by atoms with Gasteiger partial charge >= 0.3 is 5.97 Å². The van der Waals surface area contributed by atoms with Crippen LogP contribution in [-0.2, 0) is 38.0 Å². The van der Waals surface area contributed by atoms with Crippen molar-refractivity contribution in [2.75, 3.05) is 47.9 Å². The van der Waals surface area contributed by atoms with Gasteiger partial charge in [0.15, 0.2) is 12.6 Å². The summed E-state index contributed by atoms with van der Waals surface area (Å²) in [7, 11) is 7.31. The van der Waals surface area contributed by atoms with Crippen molar-refractivity contribution in [3.05, 3.63) is 23.2 Å². The first-order valence-corrected chi connectivity index (χ1v) is 23.7. The molecule has 1 aromatic rings. The van der Waals surface area contributed by atoms with Gasteiger partial charge in [-0.3, -0.25) is 9.59 Å². The Hall–Kier alpha value is -2.26. The molecule has 3 aliphatic rings. The number of carbonyl (C=O) groups is 2. The van der Waals surface area contributed by atoms with Crippen molar-refractivity contribution in [1.29, 1.82) is 0 Å². The van der Waals surface area contributed by atoms with Gasteiger partial charge in [-0.15, -0.1) is 0 Å². The Balaban J connectivity index is 1.76. The summed E-state index contributed by atoms with van der Waals surface area (Å²) < 4.78 is 51.0. The zero-order valence-electron chi connectivity index (χ0n) is 42.2. The molecule has 17 heteroatoms. The molecule has 17 nitrogen and oxygen atoms in total. The van der Waals surface area contributed by atoms with E-state index in [9.17, 15) is 30.0 Å². The maximum Gasteiger partial charge on any atom is 0.311 e. The summed E-state index contributed by atoms with van der Waals surface area (Å²) in [6.07, 6.45) is -7.32. The van der Waals surface area contributed by atoms with Crippen LogP contribution in [0.5, 0.6) is 0 Å². The first-order chi connectivity index (χ1) is 30.2. The minimum absolute atomic E-state index is 0.118. The maximum atomic E-state index is 14.5. The molecule has 0 aliphatic carbocycles. The van der Waals surface area contributed by atoms with Crippen molar-refractivity contribution in [2.45, 2.75) is 205 Å². The lowest BCUT2D eigenvalue weighted by molar-refractivity contribution is -0.321. The smallest absolute Gasteiger partial charge is 0.311 e. The fourth-order valence-corrected chi connectivity index (χ4v) is 10.3. The SMILES string of the molecule is CC[C@H]1OC(=O)[C@H](C)[C@@H](O[C@H]2C[C@@](C)(OC)[C@@H](O)[C@H](C)O2)[C@H](C)[C@@H](O[C@@H]2O[C@H](C)C[C@H](N(C)C)[C@H]2OCCCNC(=O)c2cc(C)oc2C)[C@](C)(O)C[C@@H](C)CN(C)[C@H](C)[C@@H](O)[C@]1(C)O. The van der Waals surface area contributed by atoms with Gasteiger partial charge in [-0.2, -0.15) is 0 Å². The summed E-state index contributed by atoms with van der Waals surface area (Å²) in [5.41, 5.74) is -3.97. The number of likely N-dealkylation sites (N-methyl/N-ethyl adjacent to an activating group) is 2. The van der Waals surface area contributed by atoms with Gasteiger partial charge in [-0.25, -0.2) is 0 Å². The summed E-state index contributed by atoms with van der Waals surface area (Å²) in [6, 6.07) is 0.997. The second kappa shape index (κ2) is 22.9. The summed E-state index contributed by atoms with van der Waals surface area (Å²) in [4.78, 5) is 31.4. The fourth-order valence-electron chi connectivity index (χ4n) is 10.3. The Kier molecular flexibility index (Phi) is 19.5. The normalized spacial score (nSPS) is 42.0. The van der Waals surface area contributed by atoms with E-state index in [1.54, 1.807) is 54.5 Å². The number of aliphatic hydroxyl groups is 4. The number of aliphatic hydroxyl groups excluding tert-OH is 2. The molecule has 0 aromatic carbocycles. The van der Waals surface area contributed by atoms with E-state index in [1.807, 2.05) is 53.7 Å². The van der Waals surface area contributed by atoms with Crippen LogP contribution in [-0.4, -0.2) is 180 Å². The number of rotatable bonds is 13. The first-order valence-electron chi connectivity index (χ1n) is 23.7. The number of nitrogens with zero attached hydrogens (tertiary/aromatic N) is 2. The monoisotopic (exact) mass is 928 g/mol. The quantitative estimate of drug-likeness (QED) is 0.140. The molecule has 3 saturated heterocycles. The summed E-state index contributed by atoms with van der Waals surface area (Å²) >= 11 is 0. The molecule has 0 bridgehead atoms. The summed E-state index contributed by atoms with van der Waals surface area (Å²) in [5, 5.41) is 50.5. The lowest BCUT2D eigenvalue weighted by Crippen LogP contribution is -2.61. The topological polar surface area (TPSA) is 211 Å². The van der Waals surface area contributed by atoms with Crippen LogP contribution in [0, 0.1) is 31.6 Å². The minimum atomic E-state index is -1.82. The molecule has 5 N–H and O–H groups in total. The number of cyclic esters (lactones) is 1. The number of aryl methyl sites for hydroxylation is 2. The van der Waals surface area contributed by atoms with Crippen molar-refractivity contribution in [3.63, 3.8) is 0 Å². The highest BCUT2D eigenvalue weighted by molar-refractivity contribution is 5.95. The molecule has 376 valence electrons. The number of furan rings is 1. The number of carbonyl (C=O) groups excluding carboxylic acids is 2. The third-order valence-electron chi connectivity index (χ3n) is 14.4. The average molecular weight is 928 g/mol. The average Bonchev–Trinajstić information content (AvgIpc) is 3.58. The van der Waals surface area contributed by atoms with Crippen LogP contribution in [0.25, 0.3) is 0 Å². The molecule has 3 fully saturated rings.